The summed E-state index contributed by atoms with van der Waals surface area (Å²) >= 11 is 1.37. The standard InChI is InChI=1S/C15H15N3O5S/c1-23-15(22)12-8-3-2-4-10(8)24-14(12)16-13(21)9-5-6-18(17-9)7-11(19)20/h5-6H,2-4,7H2,1H3,(H,16,21)(H,19,20). The summed E-state index contributed by atoms with van der Waals surface area (Å²) in [6, 6.07) is 1.43. The number of aromatic nitrogens is 2. The smallest absolute Gasteiger partial charge is 0.341 e. The van der Waals surface area contributed by atoms with Gasteiger partial charge in [-0.3, -0.25) is 14.3 Å². The van der Waals surface area contributed by atoms with E-state index in [9.17, 15) is 14.4 Å². The van der Waals surface area contributed by atoms with Gasteiger partial charge in [-0.1, -0.05) is 0 Å². The third-order valence-corrected chi connectivity index (χ3v) is 4.92. The van der Waals surface area contributed by atoms with Crippen molar-refractivity contribution in [1.82, 2.24) is 9.78 Å². The number of hydrogen-bond acceptors (Lipinski definition) is 6. The number of hydrogen-bond donors (Lipinski definition) is 2. The lowest BCUT2D eigenvalue weighted by Crippen LogP contribution is -2.16. The van der Waals surface area contributed by atoms with Crippen molar-refractivity contribution >= 4 is 34.2 Å². The Morgan fingerprint density at radius 2 is 2.21 bits per heavy atom. The Hall–Kier alpha value is -2.68. The van der Waals surface area contributed by atoms with E-state index in [1.54, 1.807) is 0 Å². The zero-order valence-corrected chi connectivity index (χ0v) is 13.7. The number of anilines is 1. The average Bonchev–Trinajstić information content (AvgIpc) is 3.21. The Bertz CT molecular complexity index is 823. The lowest BCUT2D eigenvalue weighted by molar-refractivity contribution is -0.137. The molecule has 0 atom stereocenters. The van der Waals surface area contributed by atoms with Gasteiger partial charge in [-0.05, 0) is 30.9 Å². The van der Waals surface area contributed by atoms with Crippen LogP contribution in [-0.4, -0.2) is 39.8 Å². The van der Waals surface area contributed by atoms with Crippen LogP contribution in [0.15, 0.2) is 12.3 Å². The molecule has 0 radical (unpaired) electrons. The van der Waals surface area contributed by atoms with Gasteiger partial charge in [0.05, 0.1) is 12.7 Å². The monoisotopic (exact) mass is 349 g/mol. The summed E-state index contributed by atoms with van der Waals surface area (Å²) in [6.07, 6.45) is 4.07. The van der Waals surface area contributed by atoms with Crippen LogP contribution in [0.5, 0.6) is 0 Å². The van der Waals surface area contributed by atoms with Gasteiger partial charge in [0.1, 0.15) is 11.5 Å². The fourth-order valence-electron chi connectivity index (χ4n) is 2.69. The van der Waals surface area contributed by atoms with E-state index in [-0.39, 0.29) is 12.2 Å². The maximum absolute atomic E-state index is 12.3. The van der Waals surface area contributed by atoms with E-state index in [1.807, 2.05) is 0 Å². The molecule has 9 heteroatoms. The van der Waals surface area contributed by atoms with Crippen LogP contribution >= 0.6 is 11.3 Å². The molecule has 2 aromatic rings. The summed E-state index contributed by atoms with van der Waals surface area (Å²) in [6.45, 7) is -0.325. The molecule has 1 aliphatic carbocycles. The summed E-state index contributed by atoms with van der Waals surface area (Å²) in [4.78, 5) is 36.1. The first-order valence-corrected chi connectivity index (χ1v) is 8.10. The number of methoxy groups -OCH3 is 1. The number of ether oxygens (including phenoxy) is 1. The quantitative estimate of drug-likeness (QED) is 0.793. The van der Waals surface area contributed by atoms with Gasteiger partial charge in [-0.25, -0.2) is 4.79 Å². The van der Waals surface area contributed by atoms with Crippen molar-refractivity contribution in [3.05, 3.63) is 34.0 Å². The van der Waals surface area contributed by atoms with Gasteiger partial charge in [0.2, 0.25) is 0 Å². The highest BCUT2D eigenvalue weighted by Crippen LogP contribution is 2.39. The van der Waals surface area contributed by atoms with Gasteiger partial charge in [0.25, 0.3) is 5.91 Å². The van der Waals surface area contributed by atoms with E-state index in [0.29, 0.717) is 10.6 Å². The maximum atomic E-state index is 12.3. The topological polar surface area (TPSA) is 111 Å². The van der Waals surface area contributed by atoms with Crippen LogP contribution in [-0.2, 0) is 28.9 Å². The summed E-state index contributed by atoms with van der Waals surface area (Å²) in [5, 5.41) is 15.8. The van der Waals surface area contributed by atoms with E-state index in [0.717, 1.165) is 34.4 Å². The fourth-order valence-corrected chi connectivity index (χ4v) is 3.96. The van der Waals surface area contributed by atoms with Crippen molar-refractivity contribution in [3.63, 3.8) is 0 Å². The molecule has 1 aliphatic rings. The van der Waals surface area contributed by atoms with Crippen LogP contribution in [0.3, 0.4) is 0 Å². The predicted molar refractivity (Wildman–Crippen MR) is 85.5 cm³/mol. The lowest BCUT2D eigenvalue weighted by Gasteiger charge is -2.05. The minimum atomic E-state index is -1.05. The van der Waals surface area contributed by atoms with Crippen LogP contribution in [0.4, 0.5) is 5.00 Å². The third kappa shape index (κ3) is 3.02. The molecule has 0 spiro atoms. The summed E-state index contributed by atoms with van der Waals surface area (Å²) < 4.78 is 5.99. The molecular weight excluding hydrogens is 334 g/mol. The highest BCUT2D eigenvalue weighted by molar-refractivity contribution is 7.17. The molecule has 0 fully saturated rings. The third-order valence-electron chi connectivity index (χ3n) is 3.71. The molecule has 8 nitrogen and oxygen atoms in total. The van der Waals surface area contributed by atoms with Gasteiger partial charge in [-0.15, -0.1) is 11.3 Å². The molecule has 0 aromatic carbocycles. The minimum absolute atomic E-state index is 0.0839. The molecule has 0 bridgehead atoms. The fraction of sp³-hybridized carbons (Fsp3) is 0.333. The molecule has 0 aliphatic heterocycles. The second-order valence-corrected chi connectivity index (χ2v) is 6.40. The van der Waals surface area contributed by atoms with Gasteiger partial charge in [0.15, 0.2) is 5.69 Å². The summed E-state index contributed by atoms with van der Waals surface area (Å²) in [5.74, 6) is -2.02. The number of nitrogens with one attached hydrogen (secondary N) is 1. The van der Waals surface area contributed by atoms with Crippen molar-refractivity contribution in [1.29, 1.82) is 0 Å². The zero-order chi connectivity index (χ0) is 17.3. The SMILES string of the molecule is COC(=O)c1c(NC(=O)c2ccn(CC(=O)O)n2)sc2c1CCC2. The van der Waals surface area contributed by atoms with Crippen molar-refractivity contribution < 1.29 is 24.2 Å². The van der Waals surface area contributed by atoms with Crippen LogP contribution in [0, 0.1) is 0 Å². The number of carboxylic acid groups (broad SMARTS) is 1. The van der Waals surface area contributed by atoms with E-state index in [1.165, 1.54) is 30.7 Å². The van der Waals surface area contributed by atoms with Crippen molar-refractivity contribution in [2.75, 3.05) is 12.4 Å². The molecule has 2 N–H and O–H groups in total. The molecule has 2 aromatic heterocycles. The Balaban J connectivity index is 1.83. The first-order valence-electron chi connectivity index (χ1n) is 7.29. The van der Waals surface area contributed by atoms with E-state index < -0.39 is 17.8 Å². The summed E-state index contributed by atoms with van der Waals surface area (Å²) in [5.41, 5.74) is 1.44. The van der Waals surface area contributed by atoms with Gasteiger partial charge < -0.3 is 15.2 Å². The number of carbonyl (C=O) groups is 3. The Morgan fingerprint density at radius 3 is 2.92 bits per heavy atom. The highest BCUT2D eigenvalue weighted by atomic mass is 32.1. The van der Waals surface area contributed by atoms with E-state index in [2.05, 4.69) is 10.4 Å². The maximum Gasteiger partial charge on any atom is 0.341 e. The second kappa shape index (κ2) is 6.44. The van der Waals surface area contributed by atoms with Crippen molar-refractivity contribution in [3.8, 4) is 0 Å². The van der Waals surface area contributed by atoms with Gasteiger partial charge in [-0.2, -0.15) is 5.10 Å². The average molecular weight is 349 g/mol. The molecule has 2 heterocycles. The molecule has 1 amide bonds. The van der Waals surface area contributed by atoms with Crippen LogP contribution in [0.25, 0.3) is 0 Å². The Kier molecular flexibility index (Phi) is 4.34. The van der Waals surface area contributed by atoms with Crippen molar-refractivity contribution in [2.24, 2.45) is 0 Å². The number of amides is 1. The molecule has 24 heavy (non-hydrogen) atoms. The number of esters is 1. The lowest BCUT2D eigenvalue weighted by atomic mass is 10.1. The van der Waals surface area contributed by atoms with Crippen LogP contribution in [0.2, 0.25) is 0 Å². The van der Waals surface area contributed by atoms with E-state index >= 15 is 0 Å². The van der Waals surface area contributed by atoms with E-state index in [4.69, 9.17) is 9.84 Å². The number of aliphatic carboxylic acids is 1. The number of nitrogens with zero attached hydrogens (tertiary/aromatic N) is 2. The number of rotatable bonds is 5. The molecule has 3 rings (SSSR count). The van der Waals surface area contributed by atoms with Crippen molar-refractivity contribution in [2.45, 2.75) is 25.8 Å². The molecule has 0 saturated heterocycles. The highest BCUT2D eigenvalue weighted by Gasteiger charge is 2.28. The molecule has 0 unspecified atom stereocenters. The largest absolute Gasteiger partial charge is 0.480 e. The predicted octanol–water partition coefficient (Wildman–Crippen LogP) is 1.56. The van der Waals surface area contributed by atoms with Crippen LogP contribution in [0.1, 0.15) is 37.7 Å². The number of fused-ring (bicyclic) bond motifs is 1. The Morgan fingerprint density at radius 1 is 1.42 bits per heavy atom. The molecular formula is C15H15N3O5S. The van der Waals surface area contributed by atoms with Gasteiger partial charge >= 0.3 is 11.9 Å². The minimum Gasteiger partial charge on any atom is -0.480 e. The summed E-state index contributed by atoms with van der Waals surface area (Å²) in [7, 11) is 1.31. The van der Waals surface area contributed by atoms with Gasteiger partial charge in [0, 0.05) is 11.1 Å². The number of thiophene rings is 1. The molecule has 126 valence electrons. The first-order chi connectivity index (χ1) is 11.5. The Labute approximate surface area is 141 Å². The zero-order valence-electron chi connectivity index (χ0n) is 12.9. The first kappa shape index (κ1) is 16.2. The second-order valence-electron chi connectivity index (χ2n) is 5.30. The normalized spacial score (nSPS) is 12.7. The van der Waals surface area contributed by atoms with Crippen LogP contribution < -0.4 is 5.32 Å². The number of aryl methyl sites for hydroxylation is 1. The molecule has 0 saturated carbocycles. The number of carbonyl (C=O) groups excluding carboxylic acids is 2. The number of carboxylic acids is 1.